The molecule has 0 radical (unpaired) electrons. The number of nitrogens with one attached hydrogen (secondary N) is 1. The number of nitrogens with two attached hydrogens (primary N) is 1. The average molecular weight is 273 g/mol. The predicted molar refractivity (Wildman–Crippen MR) is 80.1 cm³/mol. The highest BCUT2D eigenvalue weighted by molar-refractivity contribution is 7.99. The fourth-order valence-corrected chi connectivity index (χ4v) is 3.33. The molecule has 0 aromatic carbocycles. The van der Waals surface area contributed by atoms with Crippen molar-refractivity contribution in [3.05, 3.63) is 0 Å². The van der Waals surface area contributed by atoms with Crippen LogP contribution in [0.4, 0.5) is 10.8 Å². The summed E-state index contributed by atoms with van der Waals surface area (Å²) in [5.74, 6) is 1.42. The van der Waals surface area contributed by atoms with Crippen LogP contribution < -0.4 is 11.1 Å². The lowest BCUT2D eigenvalue weighted by Crippen LogP contribution is -2.13. The molecule has 0 saturated carbocycles. The Bertz CT molecular complexity index is 326. The number of unbranched alkanes of at least 4 members (excludes halogenated alkanes) is 1. The number of aromatic nitrogens is 1. The lowest BCUT2D eigenvalue weighted by atomic mass is 9.99. The van der Waals surface area contributed by atoms with Gasteiger partial charge in [-0.1, -0.05) is 33.1 Å². The molecule has 1 heterocycles. The zero-order chi connectivity index (χ0) is 12.7. The molecule has 3 nitrogen and oxygen atoms in total. The Hall–Kier alpha value is -0.420. The topological polar surface area (TPSA) is 50.9 Å². The third kappa shape index (κ3) is 4.39. The van der Waals surface area contributed by atoms with Gasteiger partial charge < -0.3 is 11.1 Å². The Morgan fingerprint density at radius 3 is 2.82 bits per heavy atom. The molecule has 1 aromatic rings. The van der Waals surface area contributed by atoms with E-state index in [1.54, 1.807) is 11.8 Å². The van der Waals surface area contributed by atoms with Gasteiger partial charge in [0.1, 0.15) is 5.00 Å². The van der Waals surface area contributed by atoms with Crippen molar-refractivity contribution in [3.63, 3.8) is 0 Å². The Morgan fingerprint density at radius 2 is 2.24 bits per heavy atom. The first kappa shape index (κ1) is 14.6. The van der Waals surface area contributed by atoms with Gasteiger partial charge in [0.25, 0.3) is 0 Å². The van der Waals surface area contributed by atoms with Crippen molar-refractivity contribution >= 4 is 34.1 Å². The number of rotatable bonds is 8. The Kier molecular flexibility index (Phi) is 6.73. The van der Waals surface area contributed by atoms with Gasteiger partial charge in [-0.2, -0.15) is 4.37 Å². The van der Waals surface area contributed by atoms with Gasteiger partial charge in [0.05, 0.1) is 4.90 Å². The molecule has 98 valence electrons. The predicted octanol–water partition coefficient (Wildman–Crippen LogP) is 4.08. The van der Waals surface area contributed by atoms with E-state index >= 15 is 0 Å². The molecule has 1 atom stereocenters. The Morgan fingerprint density at radius 1 is 1.47 bits per heavy atom. The number of hydrogen-bond acceptors (Lipinski definition) is 5. The summed E-state index contributed by atoms with van der Waals surface area (Å²) in [5, 5.41) is 4.63. The molecule has 1 aromatic heterocycles. The molecular formula is C12H23N3S2. The van der Waals surface area contributed by atoms with Gasteiger partial charge in [-0.15, -0.1) is 11.8 Å². The zero-order valence-corrected chi connectivity index (χ0v) is 12.6. The molecule has 3 N–H and O–H groups in total. The van der Waals surface area contributed by atoms with Crippen LogP contribution in [-0.2, 0) is 0 Å². The maximum atomic E-state index is 5.81. The minimum Gasteiger partial charge on any atom is -0.382 e. The van der Waals surface area contributed by atoms with E-state index in [2.05, 4.69) is 23.5 Å². The largest absolute Gasteiger partial charge is 0.382 e. The molecule has 0 fully saturated rings. The number of thioether (sulfide) groups is 1. The quantitative estimate of drug-likeness (QED) is 0.701. The maximum absolute atomic E-state index is 5.81. The van der Waals surface area contributed by atoms with Crippen LogP contribution >= 0.6 is 23.3 Å². The third-order valence-electron chi connectivity index (χ3n) is 2.97. The second kappa shape index (κ2) is 7.82. The fourth-order valence-electron chi connectivity index (χ4n) is 1.78. The summed E-state index contributed by atoms with van der Waals surface area (Å²) in [7, 11) is 0. The van der Waals surface area contributed by atoms with Crippen molar-refractivity contribution in [2.45, 2.75) is 44.4 Å². The highest BCUT2D eigenvalue weighted by Crippen LogP contribution is 2.34. The van der Waals surface area contributed by atoms with Crippen LogP contribution in [0.1, 0.15) is 39.5 Å². The van der Waals surface area contributed by atoms with Crippen LogP contribution in [0.3, 0.4) is 0 Å². The monoisotopic (exact) mass is 273 g/mol. The Balaban J connectivity index is 2.47. The summed E-state index contributed by atoms with van der Waals surface area (Å²) in [6.07, 6.45) is 7.18. The molecule has 17 heavy (non-hydrogen) atoms. The van der Waals surface area contributed by atoms with Crippen LogP contribution in [-0.4, -0.2) is 17.2 Å². The third-order valence-corrected chi connectivity index (χ3v) is 4.74. The lowest BCUT2D eigenvalue weighted by Gasteiger charge is -2.15. The first-order valence-corrected chi connectivity index (χ1v) is 8.25. The minimum absolute atomic E-state index is 0.659. The van der Waals surface area contributed by atoms with Crippen molar-refractivity contribution in [3.8, 4) is 0 Å². The summed E-state index contributed by atoms with van der Waals surface area (Å²) in [5.41, 5.74) is 5.81. The summed E-state index contributed by atoms with van der Waals surface area (Å²) < 4.78 is 4.19. The van der Waals surface area contributed by atoms with Crippen LogP contribution in [0.2, 0.25) is 0 Å². The Labute approximate surface area is 113 Å². The normalized spacial score (nSPS) is 12.6. The molecule has 0 aliphatic heterocycles. The number of hydrogen-bond donors (Lipinski definition) is 2. The van der Waals surface area contributed by atoms with E-state index in [9.17, 15) is 0 Å². The van der Waals surface area contributed by atoms with Crippen LogP contribution in [0.5, 0.6) is 0 Å². The molecule has 0 bridgehead atoms. The van der Waals surface area contributed by atoms with Crippen molar-refractivity contribution in [2.24, 2.45) is 5.92 Å². The maximum Gasteiger partial charge on any atom is 0.153 e. The first-order valence-electron chi connectivity index (χ1n) is 6.25. The molecule has 5 heteroatoms. The highest BCUT2D eigenvalue weighted by Gasteiger charge is 2.12. The van der Waals surface area contributed by atoms with Gasteiger partial charge in [0, 0.05) is 6.54 Å². The van der Waals surface area contributed by atoms with E-state index in [-0.39, 0.29) is 0 Å². The number of nitrogen functional groups attached to an aromatic ring is 1. The average Bonchev–Trinajstić information content (AvgIpc) is 2.70. The van der Waals surface area contributed by atoms with E-state index in [0.29, 0.717) is 5.82 Å². The fraction of sp³-hybridized carbons (Fsp3) is 0.750. The van der Waals surface area contributed by atoms with E-state index in [0.717, 1.165) is 22.4 Å². The smallest absolute Gasteiger partial charge is 0.153 e. The summed E-state index contributed by atoms with van der Waals surface area (Å²) in [6, 6.07) is 0. The number of anilines is 2. The minimum atomic E-state index is 0.659. The van der Waals surface area contributed by atoms with Gasteiger partial charge in [-0.25, -0.2) is 0 Å². The van der Waals surface area contributed by atoms with E-state index in [1.807, 2.05) is 6.26 Å². The van der Waals surface area contributed by atoms with E-state index < -0.39 is 0 Å². The van der Waals surface area contributed by atoms with Crippen LogP contribution in [0.25, 0.3) is 0 Å². The highest BCUT2D eigenvalue weighted by atomic mass is 32.2. The van der Waals surface area contributed by atoms with Gasteiger partial charge >= 0.3 is 0 Å². The van der Waals surface area contributed by atoms with Crippen LogP contribution in [0, 0.1) is 5.92 Å². The SMILES string of the molecule is CCCCC(CC)CNc1snc(N)c1SC. The van der Waals surface area contributed by atoms with Gasteiger partial charge in [-0.3, -0.25) is 0 Å². The molecule has 1 unspecified atom stereocenters. The first-order chi connectivity index (χ1) is 8.22. The van der Waals surface area contributed by atoms with E-state index in [1.165, 1.54) is 37.2 Å². The molecule has 0 saturated heterocycles. The summed E-state index contributed by atoms with van der Waals surface area (Å²) in [6.45, 7) is 5.54. The molecule has 0 aliphatic rings. The van der Waals surface area contributed by atoms with E-state index in [4.69, 9.17) is 5.73 Å². The summed E-state index contributed by atoms with van der Waals surface area (Å²) >= 11 is 3.14. The second-order valence-corrected chi connectivity index (χ2v) is 5.82. The second-order valence-electron chi connectivity index (χ2n) is 4.23. The van der Waals surface area contributed by atoms with Crippen molar-refractivity contribution in [1.29, 1.82) is 0 Å². The van der Waals surface area contributed by atoms with Gasteiger partial charge in [0.15, 0.2) is 5.82 Å². The lowest BCUT2D eigenvalue weighted by molar-refractivity contribution is 0.473. The van der Waals surface area contributed by atoms with Crippen molar-refractivity contribution < 1.29 is 0 Å². The molecular weight excluding hydrogens is 250 g/mol. The standard InChI is InChI=1S/C12H23N3S2/c1-4-6-7-9(5-2)8-14-12-10(16-3)11(13)15-17-12/h9,14H,4-8H2,1-3H3,(H2,13,15). The molecule has 0 amide bonds. The van der Waals surface area contributed by atoms with Crippen molar-refractivity contribution in [2.75, 3.05) is 23.9 Å². The van der Waals surface area contributed by atoms with Gasteiger partial charge in [0.2, 0.25) is 0 Å². The number of nitrogens with zero attached hydrogens (tertiary/aromatic N) is 1. The van der Waals surface area contributed by atoms with Crippen LogP contribution in [0.15, 0.2) is 4.90 Å². The van der Waals surface area contributed by atoms with Gasteiger partial charge in [-0.05, 0) is 30.1 Å². The van der Waals surface area contributed by atoms with Crippen molar-refractivity contribution in [1.82, 2.24) is 4.37 Å². The zero-order valence-electron chi connectivity index (χ0n) is 11.0. The molecule has 0 aliphatic carbocycles. The summed E-state index contributed by atoms with van der Waals surface area (Å²) in [4.78, 5) is 1.10. The molecule has 1 rings (SSSR count). The molecule has 0 spiro atoms.